The van der Waals surface area contributed by atoms with Gasteiger partial charge in [0.15, 0.2) is 28.9 Å². The number of carbonyl (C=O) groups is 1. The van der Waals surface area contributed by atoms with Crippen molar-refractivity contribution < 1.29 is 23.4 Å². The van der Waals surface area contributed by atoms with E-state index in [0.717, 1.165) is 12.1 Å². The topological polar surface area (TPSA) is 46.5 Å². The van der Waals surface area contributed by atoms with Crippen LogP contribution in [-0.4, -0.2) is 18.0 Å². The van der Waals surface area contributed by atoms with Crippen LogP contribution in [-0.2, 0) is 0 Å². The molecule has 0 spiro atoms. The summed E-state index contributed by atoms with van der Waals surface area (Å²) in [6.07, 6.45) is 2.32. The van der Waals surface area contributed by atoms with Crippen molar-refractivity contribution in [1.29, 1.82) is 0 Å². The summed E-state index contributed by atoms with van der Waals surface area (Å²) in [5.41, 5.74) is 0.242. The largest absolute Gasteiger partial charge is 0.504 e. The summed E-state index contributed by atoms with van der Waals surface area (Å²) in [5.74, 6) is -2.34. The van der Waals surface area contributed by atoms with Gasteiger partial charge in [-0.05, 0) is 36.4 Å². The molecule has 0 fully saturated rings. The van der Waals surface area contributed by atoms with Crippen LogP contribution >= 0.6 is 0 Å². The molecule has 0 heterocycles. The number of ketones is 1. The van der Waals surface area contributed by atoms with Gasteiger partial charge >= 0.3 is 0 Å². The summed E-state index contributed by atoms with van der Waals surface area (Å²) in [5, 5.41) is 9.45. The molecule has 2 aromatic carbocycles. The molecule has 0 amide bonds. The zero-order valence-corrected chi connectivity index (χ0v) is 11.1. The first-order chi connectivity index (χ1) is 10.0. The second kappa shape index (κ2) is 6.17. The SMILES string of the molecule is COc1cc(C(=O)/C=C/c2cccc(F)c2F)ccc1O. The van der Waals surface area contributed by atoms with Crippen LogP contribution in [0.25, 0.3) is 6.08 Å². The number of aromatic hydroxyl groups is 1. The maximum absolute atomic E-state index is 13.4. The Bertz CT molecular complexity index is 709. The fraction of sp³-hybridized carbons (Fsp3) is 0.0625. The fourth-order valence-electron chi connectivity index (χ4n) is 1.74. The van der Waals surface area contributed by atoms with E-state index in [9.17, 15) is 18.7 Å². The number of phenols is 1. The Morgan fingerprint density at radius 1 is 1.24 bits per heavy atom. The van der Waals surface area contributed by atoms with E-state index in [4.69, 9.17) is 4.74 Å². The second-order valence-electron chi connectivity index (χ2n) is 4.23. The Morgan fingerprint density at radius 3 is 2.71 bits per heavy atom. The molecule has 3 nitrogen and oxygen atoms in total. The number of benzene rings is 2. The maximum Gasteiger partial charge on any atom is 0.185 e. The molecular weight excluding hydrogens is 278 g/mol. The molecule has 0 unspecified atom stereocenters. The number of phenolic OH excluding ortho intramolecular Hbond substituents is 1. The lowest BCUT2D eigenvalue weighted by Gasteiger charge is -2.04. The molecule has 5 heteroatoms. The Labute approximate surface area is 120 Å². The number of rotatable bonds is 4. The minimum absolute atomic E-state index is 0.0194. The van der Waals surface area contributed by atoms with Crippen molar-refractivity contribution in [1.82, 2.24) is 0 Å². The van der Waals surface area contributed by atoms with E-state index in [1.165, 1.54) is 43.5 Å². The molecule has 0 radical (unpaired) electrons. The zero-order valence-electron chi connectivity index (χ0n) is 11.1. The lowest BCUT2D eigenvalue weighted by molar-refractivity contribution is 0.104. The summed E-state index contributed by atoms with van der Waals surface area (Å²) in [7, 11) is 1.36. The number of carbonyl (C=O) groups excluding carboxylic acids is 1. The minimum Gasteiger partial charge on any atom is -0.504 e. The first-order valence-corrected chi connectivity index (χ1v) is 6.06. The lowest BCUT2D eigenvalue weighted by Crippen LogP contribution is -1.96. The average Bonchev–Trinajstić information content (AvgIpc) is 2.49. The predicted octanol–water partition coefficient (Wildman–Crippen LogP) is 3.58. The third kappa shape index (κ3) is 3.25. The molecular formula is C16H12F2O3. The normalized spacial score (nSPS) is 10.8. The van der Waals surface area contributed by atoms with Crippen LogP contribution in [0, 0.1) is 11.6 Å². The second-order valence-corrected chi connectivity index (χ2v) is 4.23. The maximum atomic E-state index is 13.4. The summed E-state index contributed by atoms with van der Waals surface area (Å²) < 4.78 is 31.4. The number of halogens is 2. The molecule has 1 N–H and O–H groups in total. The summed E-state index contributed by atoms with van der Waals surface area (Å²) in [4.78, 5) is 12.0. The molecule has 2 aromatic rings. The molecule has 0 aromatic heterocycles. The quantitative estimate of drug-likeness (QED) is 0.691. The zero-order chi connectivity index (χ0) is 15.4. The summed E-state index contributed by atoms with van der Waals surface area (Å²) >= 11 is 0. The van der Waals surface area contributed by atoms with Gasteiger partial charge in [0.1, 0.15) is 0 Å². The Hall–Kier alpha value is -2.69. The Balaban J connectivity index is 2.25. The average molecular weight is 290 g/mol. The van der Waals surface area contributed by atoms with Crippen LogP contribution in [0.5, 0.6) is 11.5 Å². The number of ether oxygens (including phenoxy) is 1. The highest BCUT2D eigenvalue weighted by Crippen LogP contribution is 2.26. The van der Waals surface area contributed by atoms with Crippen molar-refractivity contribution in [2.75, 3.05) is 7.11 Å². The summed E-state index contributed by atoms with van der Waals surface area (Å²) in [6.45, 7) is 0. The Kier molecular flexibility index (Phi) is 4.33. The molecule has 2 rings (SSSR count). The predicted molar refractivity (Wildman–Crippen MR) is 74.4 cm³/mol. The van der Waals surface area contributed by atoms with E-state index >= 15 is 0 Å². The van der Waals surface area contributed by atoms with Crippen molar-refractivity contribution in [3.8, 4) is 11.5 Å². The van der Waals surface area contributed by atoms with Crippen molar-refractivity contribution in [2.24, 2.45) is 0 Å². The van der Waals surface area contributed by atoms with Gasteiger partial charge in [0, 0.05) is 11.1 Å². The molecule has 0 bridgehead atoms. The molecule has 0 aliphatic rings. The van der Waals surface area contributed by atoms with Gasteiger partial charge in [0.25, 0.3) is 0 Å². The highest BCUT2D eigenvalue weighted by Gasteiger charge is 2.09. The molecule has 21 heavy (non-hydrogen) atoms. The first-order valence-electron chi connectivity index (χ1n) is 6.06. The molecule has 0 saturated carbocycles. The molecule has 0 aliphatic carbocycles. The van der Waals surface area contributed by atoms with Crippen molar-refractivity contribution in [3.05, 3.63) is 65.2 Å². The van der Waals surface area contributed by atoms with E-state index in [1.54, 1.807) is 0 Å². The van der Waals surface area contributed by atoms with E-state index in [0.29, 0.717) is 0 Å². The van der Waals surface area contributed by atoms with Crippen molar-refractivity contribution >= 4 is 11.9 Å². The van der Waals surface area contributed by atoms with Gasteiger partial charge in [-0.25, -0.2) is 8.78 Å². The standard InChI is InChI=1S/C16H12F2O3/c1-21-15-9-11(6-8-14(15)20)13(19)7-5-10-3-2-4-12(17)16(10)18/h2-9,20H,1H3/b7-5+. The van der Waals surface area contributed by atoms with Gasteiger partial charge in [-0.3, -0.25) is 4.79 Å². The van der Waals surface area contributed by atoms with Crippen LogP contribution in [0.15, 0.2) is 42.5 Å². The molecule has 0 saturated heterocycles. The third-order valence-corrected chi connectivity index (χ3v) is 2.86. The molecule has 0 aliphatic heterocycles. The van der Waals surface area contributed by atoms with Crippen molar-refractivity contribution in [2.45, 2.75) is 0 Å². The number of hydrogen-bond donors (Lipinski definition) is 1. The van der Waals surface area contributed by atoms with Crippen molar-refractivity contribution in [3.63, 3.8) is 0 Å². The number of methoxy groups -OCH3 is 1. The lowest BCUT2D eigenvalue weighted by atomic mass is 10.1. The van der Waals surface area contributed by atoms with E-state index in [1.807, 2.05) is 0 Å². The molecule has 108 valence electrons. The van der Waals surface area contributed by atoms with Gasteiger partial charge in [-0.1, -0.05) is 12.1 Å². The van der Waals surface area contributed by atoms with Crippen LogP contribution in [0.1, 0.15) is 15.9 Å². The van der Waals surface area contributed by atoms with E-state index in [2.05, 4.69) is 0 Å². The van der Waals surface area contributed by atoms with Gasteiger partial charge in [-0.15, -0.1) is 0 Å². The van der Waals surface area contributed by atoms with E-state index in [-0.39, 0.29) is 22.6 Å². The number of hydrogen-bond acceptors (Lipinski definition) is 3. The van der Waals surface area contributed by atoms with Gasteiger partial charge < -0.3 is 9.84 Å². The number of allylic oxidation sites excluding steroid dienone is 1. The van der Waals surface area contributed by atoms with Crippen LogP contribution in [0.2, 0.25) is 0 Å². The first kappa shape index (κ1) is 14.7. The van der Waals surface area contributed by atoms with Crippen LogP contribution in [0.3, 0.4) is 0 Å². The van der Waals surface area contributed by atoms with E-state index < -0.39 is 17.4 Å². The highest BCUT2D eigenvalue weighted by molar-refractivity contribution is 6.07. The van der Waals surface area contributed by atoms with Gasteiger partial charge in [-0.2, -0.15) is 0 Å². The molecule has 0 atom stereocenters. The summed E-state index contributed by atoms with van der Waals surface area (Å²) in [6, 6.07) is 7.81. The Morgan fingerprint density at radius 2 is 2.00 bits per heavy atom. The minimum atomic E-state index is -1.01. The van der Waals surface area contributed by atoms with Crippen LogP contribution < -0.4 is 4.74 Å². The van der Waals surface area contributed by atoms with Crippen LogP contribution in [0.4, 0.5) is 8.78 Å². The highest BCUT2D eigenvalue weighted by atomic mass is 19.2. The monoisotopic (exact) mass is 290 g/mol. The fourth-order valence-corrected chi connectivity index (χ4v) is 1.74. The smallest absolute Gasteiger partial charge is 0.185 e. The van der Waals surface area contributed by atoms with Gasteiger partial charge in [0.05, 0.1) is 7.11 Å². The third-order valence-electron chi connectivity index (χ3n) is 2.86. The van der Waals surface area contributed by atoms with Gasteiger partial charge in [0.2, 0.25) is 0 Å².